The van der Waals surface area contributed by atoms with Gasteiger partial charge in [0, 0.05) is 5.56 Å². The smallest absolute Gasteiger partial charge is 0.325 e. The van der Waals surface area contributed by atoms with Crippen molar-refractivity contribution in [2.45, 2.75) is 6.92 Å². The maximum Gasteiger partial charge on any atom is 0.325 e. The first-order chi connectivity index (χ1) is 9.08. The SMILES string of the molecule is COC(=O)CNC(=O)c1cc(C)ccc1C#CCN. The summed E-state index contributed by atoms with van der Waals surface area (Å²) in [6.07, 6.45) is 0. The van der Waals surface area contributed by atoms with Crippen molar-refractivity contribution in [3.63, 3.8) is 0 Å². The van der Waals surface area contributed by atoms with Crippen molar-refractivity contribution < 1.29 is 14.3 Å². The summed E-state index contributed by atoms with van der Waals surface area (Å²) in [5.41, 5.74) is 7.25. The molecule has 5 heteroatoms. The number of rotatable bonds is 3. The Kier molecular flexibility index (Phi) is 5.58. The van der Waals surface area contributed by atoms with Gasteiger partial charge in [0.25, 0.3) is 5.91 Å². The number of amides is 1. The highest BCUT2D eigenvalue weighted by Crippen LogP contribution is 2.10. The van der Waals surface area contributed by atoms with E-state index in [1.165, 1.54) is 7.11 Å². The molecule has 1 rings (SSSR count). The molecule has 0 fully saturated rings. The molecule has 19 heavy (non-hydrogen) atoms. The number of aryl methyl sites for hydroxylation is 1. The first kappa shape index (κ1) is 14.7. The van der Waals surface area contributed by atoms with Gasteiger partial charge in [0.15, 0.2) is 0 Å². The van der Waals surface area contributed by atoms with Crippen LogP contribution in [0.1, 0.15) is 21.5 Å². The molecule has 0 aliphatic heterocycles. The van der Waals surface area contributed by atoms with Gasteiger partial charge in [-0.05, 0) is 19.1 Å². The number of hydrogen-bond acceptors (Lipinski definition) is 4. The lowest BCUT2D eigenvalue weighted by atomic mass is 10.0. The number of nitrogens with one attached hydrogen (secondary N) is 1. The van der Waals surface area contributed by atoms with Gasteiger partial charge in [0.05, 0.1) is 19.2 Å². The van der Waals surface area contributed by atoms with E-state index in [-0.39, 0.29) is 19.0 Å². The number of carbonyl (C=O) groups excluding carboxylic acids is 2. The Morgan fingerprint density at radius 3 is 2.79 bits per heavy atom. The summed E-state index contributed by atoms with van der Waals surface area (Å²) in [4.78, 5) is 23.0. The predicted molar refractivity (Wildman–Crippen MR) is 71.5 cm³/mol. The first-order valence-corrected chi connectivity index (χ1v) is 5.73. The second-order valence-electron chi connectivity index (χ2n) is 3.81. The molecule has 0 aliphatic carbocycles. The van der Waals surface area contributed by atoms with Crippen LogP contribution in [0.3, 0.4) is 0 Å². The second-order valence-corrected chi connectivity index (χ2v) is 3.81. The third kappa shape index (κ3) is 4.45. The largest absolute Gasteiger partial charge is 0.468 e. The van der Waals surface area contributed by atoms with Gasteiger partial charge in [-0.3, -0.25) is 9.59 Å². The van der Waals surface area contributed by atoms with E-state index in [4.69, 9.17) is 5.73 Å². The Hall–Kier alpha value is -2.32. The summed E-state index contributed by atoms with van der Waals surface area (Å²) >= 11 is 0. The molecule has 0 unspecified atom stereocenters. The van der Waals surface area contributed by atoms with E-state index in [0.717, 1.165) is 5.56 Å². The summed E-state index contributed by atoms with van der Waals surface area (Å²) in [5.74, 6) is 4.66. The minimum absolute atomic E-state index is 0.174. The Morgan fingerprint density at radius 2 is 2.16 bits per heavy atom. The number of ether oxygens (including phenoxy) is 1. The minimum atomic E-state index is -0.504. The molecule has 5 nitrogen and oxygen atoms in total. The van der Waals surface area contributed by atoms with Crippen LogP contribution in [0.5, 0.6) is 0 Å². The van der Waals surface area contributed by atoms with Gasteiger partial charge in [0.2, 0.25) is 0 Å². The van der Waals surface area contributed by atoms with Crippen molar-refractivity contribution in [2.24, 2.45) is 5.73 Å². The van der Waals surface area contributed by atoms with Crippen LogP contribution in [-0.4, -0.2) is 32.1 Å². The highest BCUT2D eigenvalue weighted by atomic mass is 16.5. The van der Waals surface area contributed by atoms with Gasteiger partial charge >= 0.3 is 5.97 Å². The van der Waals surface area contributed by atoms with Crippen molar-refractivity contribution in [1.29, 1.82) is 0 Å². The van der Waals surface area contributed by atoms with E-state index in [1.54, 1.807) is 12.1 Å². The highest BCUT2D eigenvalue weighted by Gasteiger charge is 2.11. The molecule has 0 saturated heterocycles. The van der Waals surface area contributed by atoms with Crippen molar-refractivity contribution in [3.05, 3.63) is 34.9 Å². The molecule has 0 spiro atoms. The second kappa shape index (κ2) is 7.19. The summed E-state index contributed by atoms with van der Waals surface area (Å²) in [6.45, 7) is 1.92. The zero-order chi connectivity index (χ0) is 14.3. The minimum Gasteiger partial charge on any atom is -0.468 e. The number of nitrogens with two attached hydrogens (primary N) is 1. The molecule has 0 saturated carbocycles. The molecule has 3 N–H and O–H groups in total. The van der Waals surface area contributed by atoms with E-state index in [0.29, 0.717) is 11.1 Å². The molecule has 0 aliphatic rings. The monoisotopic (exact) mass is 260 g/mol. The lowest BCUT2D eigenvalue weighted by molar-refractivity contribution is -0.139. The van der Waals surface area contributed by atoms with Crippen molar-refractivity contribution >= 4 is 11.9 Å². The number of hydrogen-bond donors (Lipinski definition) is 2. The highest BCUT2D eigenvalue weighted by molar-refractivity contribution is 5.98. The molecular weight excluding hydrogens is 244 g/mol. The Morgan fingerprint density at radius 1 is 1.42 bits per heavy atom. The molecule has 1 aromatic carbocycles. The molecule has 100 valence electrons. The van der Waals surface area contributed by atoms with Crippen LogP contribution in [-0.2, 0) is 9.53 Å². The van der Waals surface area contributed by atoms with Crippen LogP contribution in [0.15, 0.2) is 18.2 Å². The van der Waals surface area contributed by atoms with Crippen LogP contribution in [0, 0.1) is 18.8 Å². The molecule has 1 amide bonds. The summed E-state index contributed by atoms with van der Waals surface area (Å²) < 4.78 is 4.46. The van der Waals surface area contributed by atoms with Gasteiger partial charge < -0.3 is 15.8 Å². The summed E-state index contributed by atoms with van der Waals surface area (Å²) in [5, 5.41) is 2.48. The number of methoxy groups -OCH3 is 1. The topological polar surface area (TPSA) is 81.4 Å². The van der Waals surface area contributed by atoms with Crippen LogP contribution < -0.4 is 11.1 Å². The fourth-order valence-corrected chi connectivity index (χ4v) is 1.42. The van der Waals surface area contributed by atoms with Crippen LogP contribution >= 0.6 is 0 Å². The summed E-state index contributed by atoms with van der Waals surface area (Å²) in [7, 11) is 1.26. The number of esters is 1. The van der Waals surface area contributed by atoms with Crippen molar-refractivity contribution in [2.75, 3.05) is 20.2 Å². The lowest BCUT2D eigenvalue weighted by Crippen LogP contribution is -2.30. The maximum atomic E-state index is 12.0. The third-order valence-electron chi connectivity index (χ3n) is 2.37. The van der Waals surface area contributed by atoms with Gasteiger partial charge in [-0.25, -0.2) is 0 Å². The van der Waals surface area contributed by atoms with Gasteiger partial charge in [-0.15, -0.1) is 0 Å². The van der Waals surface area contributed by atoms with Crippen LogP contribution in [0.25, 0.3) is 0 Å². The van der Waals surface area contributed by atoms with E-state index in [1.807, 2.05) is 13.0 Å². The van der Waals surface area contributed by atoms with Gasteiger partial charge in [0.1, 0.15) is 6.54 Å². The number of carbonyl (C=O) groups is 2. The van der Waals surface area contributed by atoms with Crippen molar-refractivity contribution in [1.82, 2.24) is 5.32 Å². The Labute approximate surface area is 112 Å². The molecule has 0 aromatic heterocycles. The quantitative estimate of drug-likeness (QED) is 0.601. The van der Waals surface area contributed by atoms with Crippen LogP contribution in [0.4, 0.5) is 0 Å². The third-order valence-corrected chi connectivity index (χ3v) is 2.37. The molecule has 0 atom stereocenters. The molecule has 1 aromatic rings. The average molecular weight is 260 g/mol. The van der Waals surface area contributed by atoms with Gasteiger partial charge in [-0.2, -0.15) is 0 Å². The van der Waals surface area contributed by atoms with E-state index >= 15 is 0 Å². The zero-order valence-corrected chi connectivity index (χ0v) is 10.9. The Balaban J connectivity index is 2.94. The van der Waals surface area contributed by atoms with Gasteiger partial charge in [-0.1, -0.05) is 23.5 Å². The molecule has 0 radical (unpaired) electrons. The fraction of sp³-hybridized carbons (Fsp3) is 0.286. The van der Waals surface area contributed by atoms with Crippen molar-refractivity contribution in [3.8, 4) is 11.8 Å². The van der Waals surface area contributed by atoms with E-state index in [9.17, 15) is 9.59 Å². The lowest BCUT2D eigenvalue weighted by Gasteiger charge is -2.07. The first-order valence-electron chi connectivity index (χ1n) is 5.73. The Bertz CT molecular complexity index is 541. The van der Waals surface area contributed by atoms with Crippen LogP contribution in [0.2, 0.25) is 0 Å². The summed E-state index contributed by atoms with van der Waals surface area (Å²) in [6, 6.07) is 5.33. The maximum absolute atomic E-state index is 12.0. The average Bonchev–Trinajstić information content (AvgIpc) is 2.42. The van der Waals surface area contributed by atoms with E-state index < -0.39 is 5.97 Å². The molecular formula is C14H16N2O3. The normalized spacial score (nSPS) is 9.21. The predicted octanol–water partition coefficient (Wildman–Crippen LogP) is 0.208. The molecule has 0 bridgehead atoms. The zero-order valence-electron chi connectivity index (χ0n) is 10.9. The fourth-order valence-electron chi connectivity index (χ4n) is 1.42. The molecule has 0 heterocycles. The standard InChI is InChI=1S/C14H16N2O3/c1-10-5-6-11(4-3-7-15)12(8-10)14(18)16-9-13(17)19-2/h5-6,8H,7,9,15H2,1-2H3,(H,16,18). The number of benzene rings is 1. The van der Waals surface area contributed by atoms with E-state index in [2.05, 4.69) is 21.9 Å².